The van der Waals surface area contributed by atoms with Crippen molar-refractivity contribution in [2.75, 3.05) is 23.7 Å². The van der Waals surface area contributed by atoms with Gasteiger partial charge in [-0.15, -0.1) is 0 Å². The fourth-order valence-corrected chi connectivity index (χ4v) is 3.87. The Balaban J connectivity index is 0.000000189. The summed E-state index contributed by atoms with van der Waals surface area (Å²) in [5, 5.41) is 6.38. The Morgan fingerprint density at radius 1 is 0.829 bits per heavy atom. The van der Waals surface area contributed by atoms with Gasteiger partial charge in [-0.2, -0.15) is 13.2 Å². The monoisotopic (exact) mass is 550 g/mol. The normalized spacial score (nSPS) is 17.1. The molecular formula is C25H26BrF3N4O2. The number of hydrogen-bond acceptors (Lipinski definition) is 6. The van der Waals surface area contributed by atoms with Gasteiger partial charge < -0.3 is 20.1 Å². The Bertz CT molecular complexity index is 1230. The number of alkyl halides is 3. The minimum Gasteiger partial charge on any atom is -0.482 e. The van der Waals surface area contributed by atoms with Gasteiger partial charge >= 0.3 is 6.18 Å². The molecule has 186 valence electrons. The second kappa shape index (κ2) is 9.22. The summed E-state index contributed by atoms with van der Waals surface area (Å²) in [5.74, 6) is 2.79. The number of ether oxygens (including phenoxy) is 2. The molecule has 35 heavy (non-hydrogen) atoms. The third kappa shape index (κ3) is 6.17. The average Bonchev–Trinajstić information content (AvgIpc) is 2.78. The van der Waals surface area contributed by atoms with E-state index in [2.05, 4.69) is 36.5 Å². The van der Waals surface area contributed by atoms with Crippen molar-refractivity contribution in [1.82, 2.24) is 9.97 Å². The van der Waals surface area contributed by atoms with Crippen LogP contribution in [0.3, 0.4) is 0 Å². The average molecular weight is 551 g/mol. The predicted octanol–water partition coefficient (Wildman–Crippen LogP) is 6.78. The SMILES string of the molecule is CC1(C)CNc2nc(-c3cccc(C(F)(F)F)c3)ccc2O1.CC1(C)CNc2nc(Br)ccc2O1. The maximum Gasteiger partial charge on any atom is 0.416 e. The molecule has 0 amide bonds. The van der Waals surface area contributed by atoms with Crippen LogP contribution in [0.15, 0.2) is 53.1 Å². The summed E-state index contributed by atoms with van der Waals surface area (Å²) in [5.41, 5.74) is -0.283. The minimum atomic E-state index is -4.37. The van der Waals surface area contributed by atoms with E-state index in [9.17, 15) is 13.2 Å². The molecule has 2 aliphatic rings. The van der Waals surface area contributed by atoms with Crippen LogP contribution in [0.4, 0.5) is 24.8 Å². The van der Waals surface area contributed by atoms with Gasteiger partial charge in [-0.1, -0.05) is 12.1 Å². The molecule has 10 heteroatoms. The molecular weight excluding hydrogens is 525 g/mol. The smallest absolute Gasteiger partial charge is 0.416 e. The zero-order chi connectivity index (χ0) is 25.4. The largest absolute Gasteiger partial charge is 0.482 e. The summed E-state index contributed by atoms with van der Waals surface area (Å²) in [6.07, 6.45) is -4.37. The first-order chi connectivity index (χ1) is 16.3. The molecule has 0 aliphatic carbocycles. The van der Waals surface area contributed by atoms with Gasteiger partial charge in [0.15, 0.2) is 23.1 Å². The van der Waals surface area contributed by atoms with E-state index in [0.717, 1.165) is 34.8 Å². The molecule has 2 aliphatic heterocycles. The van der Waals surface area contributed by atoms with Gasteiger partial charge in [0.1, 0.15) is 15.8 Å². The first kappa shape index (κ1) is 25.1. The van der Waals surface area contributed by atoms with E-state index in [0.29, 0.717) is 29.4 Å². The number of nitrogens with zero attached hydrogens (tertiary/aromatic N) is 2. The molecule has 2 aromatic heterocycles. The van der Waals surface area contributed by atoms with Crippen molar-refractivity contribution in [3.63, 3.8) is 0 Å². The maximum atomic E-state index is 12.8. The van der Waals surface area contributed by atoms with Crippen LogP contribution in [0.25, 0.3) is 11.3 Å². The third-order valence-electron chi connectivity index (χ3n) is 5.30. The van der Waals surface area contributed by atoms with Gasteiger partial charge in [-0.25, -0.2) is 9.97 Å². The molecule has 0 saturated heterocycles. The standard InChI is InChI=1S/C16H15F3N2O.C9H11BrN2O/c1-15(2)9-20-14-13(22-15)7-6-12(21-14)10-4-3-5-11(8-10)16(17,18)19;1-9(2)5-11-8-6(13-9)3-4-7(10)12-8/h3-8H,9H2,1-2H3,(H,20,21);3-4H,5H2,1-2H3,(H,11,12). The zero-order valence-electron chi connectivity index (χ0n) is 19.8. The quantitative estimate of drug-likeness (QED) is 0.325. The van der Waals surface area contributed by atoms with Crippen molar-refractivity contribution < 1.29 is 22.6 Å². The highest BCUT2D eigenvalue weighted by molar-refractivity contribution is 9.10. The van der Waals surface area contributed by atoms with E-state index < -0.39 is 11.7 Å². The highest BCUT2D eigenvalue weighted by atomic mass is 79.9. The number of anilines is 2. The lowest BCUT2D eigenvalue weighted by atomic mass is 10.1. The third-order valence-corrected chi connectivity index (χ3v) is 5.75. The fourth-order valence-electron chi connectivity index (χ4n) is 3.56. The van der Waals surface area contributed by atoms with E-state index in [1.54, 1.807) is 18.2 Å². The van der Waals surface area contributed by atoms with E-state index in [4.69, 9.17) is 9.47 Å². The molecule has 6 nitrogen and oxygen atoms in total. The van der Waals surface area contributed by atoms with Crippen molar-refractivity contribution in [3.8, 4) is 22.8 Å². The minimum absolute atomic E-state index is 0.150. The highest BCUT2D eigenvalue weighted by Gasteiger charge is 2.31. The number of halogens is 4. The molecule has 1 aromatic carbocycles. The van der Waals surface area contributed by atoms with Gasteiger partial charge in [0, 0.05) is 5.56 Å². The summed E-state index contributed by atoms with van der Waals surface area (Å²) >= 11 is 3.31. The van der Waals surface area contributed by atoms with Crippen LogP contribution < -0.4 is 20.1 Å². The number of benzene rings is 1. The van der Waals surface area contributed by atoms with Crippen molar-refractivity contribution >= 4 is 27.6 Å². The Hall–Kier alpha value is -3.01. The lowest BCUT2D eigenvalue weighted by Crippen LogP contribution is -2.40. The van der Waals surface area contributed by atoms with Crippen molar-refractivity contribution in [2.45, 2.75) is 45.1 Å². The molecule has 0 atom stereocenters. The van der Waals surface area contributed by atoms with E-state index >= 15 is 0 Å². The van der Waals surface area contributed by atoms with E-state index in [1.165, 1.54) is 6.07 Å². The molecule has 0 radical (unpaired) electrons. The molecule has 0 bridgehead atoms. The van der Waals surface area contributed by atoms with Gasteiger partial charge in [0.2, 0.25) is 0 Å². The number of fused-ring (bicyclic) bond motifs is 2. The number of hydrogen-bond donors (Lipinski definition) is 2. The number of rotatable bonds is 1. The Morgan fingerprint density at radius 2 is 1.40 bits per heavy atom. The molecule has 0 unspecified atom stereocenters. The Morgan fingerprint density at radius 3 is 2.00 bits per heavy atom. The topological polar surface area (TPSA) is 68.3 Å². The molecule has 0 spiro atoms. The zero-order valence-corrected chi connectivity index (χ0v) is 21.3. The first-order valence-corrected chi connectivity index (χ1v) is 11.8. The molecule has 3 aromatic rings. The van der Waals surface area contributed by atoms with Crippen LogP contribution in [-0.4, -0.2) is 34.3 Å². The first-order valence-electron chi connectivity index (χ1n) is 11.0. The van der Waals surface area contributed by atoms with Crippen LogP contribution in [0.5, 0.6) is 11.5 Å². The summed E-state index contributed by atoms with van der Waals surface area (Å²) in [4.78, 5) is 8.63. The highest BCUT2D eigenvalue weighted by Crippen LogP contribution is 2.36. The molecule has 0 saturated carbocycles. The molecule has 4 heterocycles. The number of pyridine rings is 2. The van der Waals surface area contributed by atoms with Crippen molar-refractivity contribution in [1.29, 1.82) is 0 Å². The fraction of sp³-hybridized carbons (Fsp3) is 0.360. The predicted molar refractivity (Wildman–Crippen MR) is 133 cm³/mol. The molecule has 2 N–H and O–H groups in total. The molecule has 5 rings (SSSR count). The number of nitrogens with one attached hydrogen (secondary N) is 2. The van der Waals surface area contributed by atoms with Gasteiger partial charge in [-0.05, 0) is 80.0 Å². The van der Waals surface area contributed by atoms with Crippen LogP contribution in [-0.2, 0) is 6.18 Å². The Kier molecular flexibility index (Phi) is 6.61. The molecule has 0 fully saturated rings. The second-order valence-corrected chi connectivity index (χ2v) is 10.3. The van der Waals surface area contributed by atoms with Crippen LogP contribution >= 0.6 is 15.9 Å². The number of aromatic nitrogens is 2. The van der Waals surface area contributed by atoms with Crippen LogP contribution in [0.2, 0.25) is 0 Å². The van der Waals surface area contributed by atoms with E-state index in [1.807, 2.05) is 39.8 Å². The lowest BCUT2D eigenvalue weighted by Gasteiger charge is -2.32. The summed E-state index contributed by atoms with van der Waals surface area (Å²) in [7, 11) is 0. The van der Waals surface area contributed by atoms with Gasteiger partial charge in [0.25, 0.3) is 0 Å². The van der Waals surface area contributed by atoms with E-state index in [-0.39, 0.29) is 11.2 Å². The Labute approximate surface area is 210 Å². The van der Waals surface area contributed by atoms with Crippen molar-refractivity contribution in [3.05, 3.63) is 58.7 Å². The van der Waals surface area contributed by atoms with Gasteiger partial charge in [-0.3, -0.25) is 0 Å². The van der Waals surface area contributed by atoms with Gasteiger partial charge in [0.05, 0.1) is 24.3 Å². The second-order valence-electron chi connectivity index (χ2n) is 9.53. The summed E-state index contributed by atoms with van der Waals surface area (Å²) < 4.78 is 50.7. The van der Waals surface area contributed by atoms with Crippen LogP contribution in [0.1, 0.15) is 33.3 Å². The maximum absolute atomic E-state index is 12.8. The van der Waals surface area contributed by atoms with Crippen LogP contribution in [0, 0.1) is 0 Å². The lowest BCUT2D eigenvalue weighted by molar-refractivity contribution is -0.137. The van der Waals surface area contributed by atoms with Crippen molar-refractivity contribution in [2.24, 2.45) is 0 Å². The summed E-state index contributed by atoms with van der Waals surface area (Å²) in [6, 6.07) is 12.3. The summed E-state index contributed by atoms with van der Waals surface area (Å²) in [6.45, 7) is 9.35.